The molecule has 5 nitrogen and oxygen atoms in total. The third-order valence-corrected chi connectivity index (χ3v) is 4.70. The number of rotatable bonds is 4. The van der Waals surface area contributed by atoms with Crippen LogP contribution >= 0.6 is 11.3 Å². The molecule has 2 heterocycles. The molecule has 27 heavy (non-hydrogen) atoms. The molecule has 1 aliphatic rings. The van der Waals surface area contributed by atoms with Gasteiger partial charge in [-0.3, -0.25) is 0 Å². The Morgan fingerprint density at radius 3 is 2.85 bits per heavy atom. The Labute approximate surface area is 157 Å². The van der Waals surface area contributed by atoms with Crippen molar-refractivity contribution in [2.45, 2.75) is 0 Å². The normalized spacial score (nSPS) is 12.7. The third kappa shape index (κ3) is 3.45. The topological polar surface area (TPSA) is 67.2 Å². The molecule has 0 unspecified atom stereocenters. The lowest BCUT2D eigenvalue weighted by molar-refractivity contribution is 0.174. The fraction of sp³-hybridized carbons (Fsp3) is 0.0526. The maximum absolute atomic E-state index is 13.7. The van der Waals surface area contributed by atoms with Crippen molar-refractivity contribution in [1.82, 2.24) is 4.98 Å². The van der Waals surface area contributed by atoms with Gasteiger partial charge in [-0.2, -0.15) is 5.26 Å². The van der Waals surface area contributed by atoms with Gasteiger partial charge in [-0.1, -0.05) is 0 Å². The quantitative estimate of drug-likeness (QED) is 0.656. The van der Waals surface area contributed by atoms with Crippen molar-refractivity contribution in [3.05, 3.63) is 64.6 Å². The SMILES string of the molecule is N#C/C(=C/Nc1ccc(F)cc1F)c1nc(-c2ccc3c(c2)OCO3)cs1. The molecular weight excluding hydrogens is 372 g/mol. The van der Waals surface area contributed by atoms with Crippen molar-refractivity contribution in [3.63, 3.8) is 0 Å². The van der Waals surface area contributed by atoms with Gasteiger partial charge in [0.2, 0.25) is 6.79 Å². The van der Waals surface area contributed by atoms with Crippen LogP contribution in [-0.4, -0.2) is 11.8 Å². The van der Waals surface area contributed by atoms with Crippen LogP contribution in [0.5, 0.6) is 11.5 Å². The molecular formula is C19H11F2N3O2S. The number of anilines is 1. The largest absolute Gasteiger partial charge is 0.454 e. The van der Waals surface area contributed by atoms with E-state index in [0.717, 1.165) is 17.7 Å². The number of benzene rings is 2. The van der Waals surface area contributed by atoms with Gasteiger partial charge in [-0.25, -0.2) is 13.8 Å². The standard InChI is InChI=1S/C19H11F2N3O2S/c20-13-2-3-15(14(21)6-13)23-8-12(7-22)19-24-16(9-27-19)11-1-4-17-18(5-11)26-10-25-17/h1-6,8-9,23H,10H2/b12-8-. The summed E-state index contributed by atoms with van der Waals surface area (Å²) in [6.45, 7) is 0.189. The van der Waals surface area contributed by atoms with Gasteiger partial charge in [-0.05, 0) is 30.3 Å². The molecule has 1 N–H and O–H groups in total. The molecule has 4 rings (SSSR count). The molecule has 3 aromatic rings. The van der Waals surface area contributed by atoms with Gasteiger partial charge in [0, 0.05) is 23.2 Å². The first-order valence-corrected chi connectivity index (χ1v) is 8.70. The summed E-state index contributed by atoms with van der Waals surface area (Å²) >= 11 is 1.28. The second-order valence-corrected chi connectivity index (χ2v) is 6.40. The molecule has 2 aromatic carbocycles. The van der Waals surface area contributed by atoms with E-state index in [0.29, 0.717) is 22.2 Å². The van der Waals surface area contributed by atoms with E-state index in [1.165, 1.54) is 23.6 Å². The fourth-order valence-electron chi connectivity index (χ4n) is 2.48. The van der Waals surface area contributed by atoms with Crippen molar-refractivity contribution in [2.75, 3.05) is 12.1 Å². The number of nitrogens with zero attached hydrogens (tertiary/aromatic N) is 2. The smallest absolute Gasteiger partial charge is 0.231 e. The number of allylic oxidation sites excluding steroid dienone is 1. The molecule has 8 heteroatoms. The van der Waals surface area contributed by atoms with Crippen LogP contribution in [0.25, 0.3) is 16.8 Å². The molecule has 0 radical (unpaired) electrons. The Hall–Kier alpha value is -3.44. The first-order valence-electron chi connectivity index (χ1n) is 7.82. The minimum absolute atomic E-state index is 0.0664. The Morgan fingerprint density at radius 2 is 2.04 bits per heavy atom. The van der Waals surface area contributed by atoms with E-state index in [-0.39, 0.29) is 18.1 Å². The predicted molar refractivity (Wildman–Crippen MR) is 97.2 cm³/mol. The second-order valence-electron chi connectivity index (χ2n) is 5.54. The molecule has 0 bridgehead atoms. The van der Waals surface area contributed by atoms with Crippen molar-refractivity contribution in [2.24, 2.45) is 0 Å². The zero-order valence-electron chi connectivity index (χ0n) is 13.7. The van der Waals surface area contributed by atoms with E-state index >= 15 is 0 Å². The fourth-order valence-corrected chi connectivity index (χ4v) is 3.28. The lowest BCUT2D eigenvalue weighted by Gasteiger charge is -2.03. The van der Waals surface area contributed by atoms with Gasteiger partial charge in [0.25, 0.3) is 0 Å². The number of hydrogen-bond acceptors (Lipinski definition) is 6. The van der Waals surface area contributed by atoms with Crippen LogP contribution in [0, 0.1) is 23.0 Å². The Balaban J connectivity index is 1.58. The highest BCUT2D eigenvalue weighted by Gasteiger charge is 2.16. The van der Waals surface area contributed by atoms with Crippen LogP contribution < -0.4 is 14.8 Å². The lowest BCUT2D eigenvalue weighted by atomic mass is 10.1. The van der Waals surface area contributed by atoms with E-state index in [2.05, 4.69) is 10.3 Å². The summed E-state index contributed by atoms with van der Waals surface area (Å²) in [4.78, 5) is 4.46. The van der Waals surface area contributed by atoms with Gasteiger partial charge < -0.3 is 14.8 Å². The molecule has 0 fully saturated rings. The van der Waals surface area contributed by atoms with Crippen LogP contribution in [0.15, 0.2) is 48.0 Å². The minimum Gasteiger partial charge on any atom is -0.454 e. The molecule has 0 atom stereocenters. The number of halogens is 2. The Bertz CT molecular complexity index is 1090. The number of hydrogen-bond donors (Lipinski definition) is 1. The Morgan fingerprint density at radius 1 is 1.19 bits per heavy atom. The Kier molecular flexibility index (Phi) is 4.44. The highest BCUT2D eigenvalue weighted by Crippen LogP contribution is 2.36. The molecule has 0 saturated heterocycles. The first kappa shape index (κ1) is 17.0. The third-order valence-electron chi connectivity index (χ3n) is 3.83. The zero-order valence-corrected chi connectivity index (χ0v) is 14.5. The summed E-state index contributed by atoms with van der Waals surface area (Å²) in [5.74, 6) is -0.0940. The zero-order chi connectivity index (χ0) is 18.8. The highest BCUT2D eigenvalue weighted by molar-refractivity contribution is 7.11. The highest BCUT2D eigenvalue weighted by atomic mass is 32.1. The summed E-state index contributed by atoms with van der Waals surface area (Å²) in [7, 11) is 0. The maximum atomic E-state index is 13.7. The monoisotopic (exact) mass is 383 g/mol. The van der Waals surface area contributed by atoms with E-state index in [4.69, 9.17) is 9.47 Å². The summed E-state index contributed by atoms with van der Waals surface area (Å²) in [6.07, 6.45) is 1.35. The number of aromatic nitrogens is 1. The van der Waals surface area contributed by atoms with E-state index in [9.17, 15) is 14.0 Å². The van der Waals surface area contributed by atoms with Crippen LogP contribution in [0.3, 0.4) is 0 Å². The molecule has 0 spiro atoms. The molecule has 0 amide bonds. The molecule has 0 aliphatic carbocycles. The van der Waals surface area contributed by atoms with Gasteiger partial charge in [-0.15, -0.1) is 11.3 Å². The number of thiazole rings is 1. The summed E-state index contributed by atoms with van der Waals surface area (Å²) in [6, 6.07) is 10.7. The maximum Gasteiger partial charge on any atom is 0.231 e. The summed E-state index contributed by atoms with van der Waals surface area (Å²) < 4.78 is 37.3. The average Bonchev–Trinajstić information content (AvgIpc) is 3.32. The second kappa shape index (κ2) is 7.05. The number of fused-ring (bicyclic) bond motifs is 1. The van der Waals surface area contributed by atoms with Gasteiger partial charge in [0.15, 0.2) is 11.5 Å². The van der Waals surface area contributed by atoms with Crippen LogP contribution in [0.2, 0.25) is 0 Å². The van der Waals surface area contributed by atoms with E-state index in [1.54, 1.807) is 6.07 Å². The summed E-state index contributed by atoms with van der Waals surface area (Å²) in [5.41, 5.74) is 1.81. The number of nitriles is 1. The predicted octanol–water partition coefficient (Wildman–Crippen LogP) is 4.79. The summed E-state index contributed by atoms with van der Waals surface area (Å²) in [5, 5.41) is 14.4. The van der Waals surface area contributed by atoms with Gasteiger partial charge >= 0.3 is 0 Å². The molecule has 1 aliphatic heterocycles. The molecule has 0 saturated carbocycles. The molecule has 1 aromatic heterocycles. The van der Waals surface area contributed by atoms with Crippen molar-refractivity contribution in [1.29, 1.82) is 5.26 Å². The number of nitrogens with one attached hydrogen (secondary N) is 1. The average molecular weight is 383 g/mol. The van der Waals surface area contributed by atoms with Crippen LogP contribution in [0.4, 0.5) is 14.5 Å². The van der Waals surface area contributed by atoms with E-state index in [1.807, 2.05) is 23.6 Å². The van der Waals surface area contributed by atoms with Gasteiger partial charge in [0.05, 0.1) is 11.4 Å². The van der Waals surface area contributed by atoms with Crippen molar-refractivity contribution < 1.29 is 18.3 Å². The van der Waals surface area contributed by atoms with Crippen molar-refractivity contribution >= 4 is 22.6 Å². The minimum atomic E-state index is -0.747. The molecule has 134 valence electrons. The lowest BCUT2D eigenvalue weighted by Crippen LogP contribution is -1.94. The van der Waals surface area contributed by atoms with Gasteiger partial charge in [0.1, 0.15) is 28.3 Å². The first-order chi connectivity index (χ1) is 13.1. The van der Waals surface area contributed by atoms with Crippen LogP contribution in [-0.2, 0) is 0 Å². The van der Waals surface area contributed by atoms with Crippen molar-refractivity contribution in [3.8, 4) is 28.8 Å². The van der Waals surface area contributed by atoms with E-state index < -0.39 is 11.6 Å². The number of ether oxygens (including phenoxy) is 2. The van der Waals surface area contributed by atoms with Crippen LogP contribution in [0.1, 0.15) is 5.01 Å².